The molecule has 27 heteroatoms. The molecule has 3 unspecified atom stereocenters. The fraction of sp³-hybridized carbons (Fsp3) is 0.655. The van der Waals surface area contributed by atoms with Crippen molar-refractivity contribution in [1.29, 1.82) is 0 Å². The van der Waals surface area contributed by atoms with Crippen LogP contribution in [0.15, 0.2) is 60.9 Å². The summed E-state index contributed by atoms with van der Waals surface area (Å²) in [6, 6.07) is 5.72. The van der Waals surface area contributed by atoms with Crippen molar-refractivity contribution in [3.8, 4) is 0 Å². The first kappa shape index (κ1) is 83.1. The van der Waals surface area contributed by atoms with Gasteiger partial charge in [-0.3, -0.25) is 62.3 Å². The summed E-state index contributed by atoms with van der Waals surface area (Å²) in [5.74, 6) is -5.85. The van der Waals surface area contributed by atoms with E-state index in [-0.39, 0.29) is 159 Å². The number of ketones is 3. The first-order chi connectivity index (χ1) is 52.9. The molecule has 4 heterocycles. The Morgan fingerprint density at radius 2 is 1.38 bits per heavy atom. The van der Waals surface area contributed by atoms with Crippen LogP contribution in [-0.2, 0) is 81.7 Å². The Balaban J connectivity index is 0.867. The number of fused-ring (bicyclic) bond motifs is 7. The molecule has 2 aromatic heterocycles. The maximum atomic E-state index is 15.8. The first-order valence-corrected chi connectivity index (χ1v) is 40.9. The van der Waals surface area contributed by atoms with Crippen LogP contribution in [-0.4, -0.2) is 202 Å². The number of rotatable bonds is 34. The molecule has 4 aromatic rings. The normalized spacial score (nSPS) is 26.1. The van der Waals surface area contributed by atoms with E-state index in [0.29, 0.717) is 99.2 Å². The second kappa shape index (κ2) is 35.5. The van der Waals surface area contributed by atoms with Gasteiger partial charge in [0.25, 0.3) is 0 Å². The van der Waals surface area contributed by atoms with Gasteiger partial charge in [0.05, 0.1) is 6.04 Å². The number of nitrogens with zero attached hydrogens (tertiary/aromatic N) is 4. The summed E-state index contributed by atoms with van der Waals surface area (Å²) in [5, 5.41) is 25.1. The van der Waals surface area contributed by atoms with E-state index in [1.165, 1.54) is 21.7 Å². The number of likely N-dealkylation sites (N-methyl/N-ethyl adjacent to an activating group) is 2. The Morgan fingerprint density at radius 3 is 2.08 bits per heavy atom. The fourth-order valence-corrected chi connectivity index (χ4v) is 19.8. The molecule has 2 saturated heterocycles. The molecule has 2 aliphatic heterocycles. The van der Waals surface area contributed by atoms with Crippen LogP contribution in [0.1, 0.15) is 188 Å². The summed E-state index contributed by atoms with van der Waals surface area (Å²) >= 11 is 0. The van der Waals surface area contributed by atoms with Gasteiger partial charge in [0.15, 0.2) is 0 Å². The second-order valence-corrected chi connectivity index (χ2v) is 34.6. The summed E-state index contributed by atoms with van der Waals surface area (Å²) in [6.07, 6.45) is 12.5. The zero-order valence-electron chi connectivity index (χ0n) is 66.7. The molecule has 5 aliphatic carbocycles. The van der Waals surface area contributed by atoms with Gasteiger partial charge in [0, 0.05) is 137 Å². The van der Waals surface area contributed by atoms with E-state index >= 15 is 19.2 Å². The molecule has 7 aliphatic rings. The number of nitrogens with two attached hydrogens (primary N) is 1. The highest BCUT2D eigenvalue weighted by molar-refractivity contribution is 6.00. The van der Waals surface area contributed by atoms with Crippen molar-refractivity contribution in [3.05, 3.63) is 72.1 Å². The Labute approximate surface area is 651 Å². The Morgan fingerprint density at radius 1 is 0.694 bits per heavy atom. The minimum Gasteiger partial charge on any atom is -0.361 e. The minimum atomic E-state index is -1.53. The molecule has 11 N–H and O–H groups in total. The third-order valence-corrected chi connectivity index (χ3v) is 26.4. The highest BCUT2D eigenvalue weighted by Crippen LogP contribution is 2.69. The van der Waals surface area contributed by atoms with Gasteiger partial charge in [0.1, 0.15) is 66.2 Å². The largest absolute Gasteiger partial charge is 0.361 e. The Kier molecular flexibility index (Phi) is 26.5. The van der Waals surface area contributed by atoms with Gasteiger partial charge in [-0.15, -0.1) is 0 Å². The van der Waals surface area contributed by atoms with Crippen LogP contribution >= 0.6 is 0 Å². The Bertz CT molecular complexity index is 4160. The topological polar surface area (TPSA) is 375 Å². The molecule has 5 saturated carbocycles. The number of benzene rings is 2. The molecule has 11 rings (SSSR count). The van der Waals surface area contributed by atoms with Gasteiger partial charge in [0.2, 0.25) is 59.1 Å². The average Bonchev–Trinajstić information content (AvgIpc) is 1.68. The predicted molar refractivity (Wildman–Crippen MR) is 419 cm³/mol. The standard InChI is InChI=1S/C84H120N14O13/c1-11-12-23-68(81(111)95(8)9)96(10)79(109)64(40-51-46-97(47-72(103)89-52-27-28-52)66-24-16-14-20-55(51)66)93-75(105)61(33-36-87-71(102)31-26-49(4)56-29-30-57-73-58(41-70(101)84(56,57)7)83(6)34-32-53(99)42-82(83,5)43-69(73)100)90-76(106)62(39-50-45-88-59-21-15-13-19-54(50)59)91-78(108)67-25-18-37-98(67)80(110)63(38-48(2)3)92-77(107)65(44-85)94-74(104)60-22-17-35-86-60/h13-16,19-21,24,45-46,48-49,52,56-58,60-65,67-68,73,86,88H,11-12,17-18,22-23,25-44,47,85H2,1-10H3,(H,87,102)(H,89,103)(H,90,106)(H,91,108)(H,92,107)(H,93,105)(H,94,104)/t49-,56-,57+,58?,60+,61+,62+,63+,64+,65+,67?,68+,73?,82+,83-,84-/m1/s1. The molecule has 27 nitrogen and oxygen atoms in total. The number of carbonyl (C=O) groups excluding carboxylic acids is 13. The zero-order chi connectivity index (χ0) is 80.0. The van der Waals surface area contributed by atoms with E-state index in [2.05, 4.69) is 68.3 Å². The molecule has 604 valence electrons. The van der Waals surface area contributed by atoms with Gasteiger partial charge < -0.3 is 72.5 Å². The Hall–Kier alpha value is -8.85. The lowest BCUT2D eigenvalue weighted by Gasteiger charge is -2.63. The highest BCUT2D eigenvalue weighted by Gasteiger charge is 2.69. The van der Waals surface area contributed by atoms with Crippen LogP contribution in [0.5, 0.6) is 0 Å². The molecular formula is C84H120N14O13. The van der Waals surface area contributed by atoms with Crippen LogP contribution in [0.25, 0.3) is 21.8 Å². The number of aromatic amines is 1. The lowest BCUT2D eigenvalue weighted by Crippen LogP contribution is -2.63. The van der Waals surface area contributed by atoms with E-state index in [1.54, 1.807) is 31.1 Å². The van der Waals surface area contributed by atoms with E-state index in [0.717, 1.165) is 36.6 Å². The van der Waals surface area contributed by atoms with Crippen LogP contribution in [0.3, 0.4) is 0 Å². The zero-order valence-corrected chi connectivity index (χ0v) is 66.7. The maximum absolute atomic E-state index is 15.8. The van der Waals surface area contributed by atoms with Crippen molar-refractivity contribution in [2.75, 3.05) is 47.3 Å². The molecule has 10 amide bonds. The predicted octanol–water partition coefficient (Wildman–Crippen LogP) is 5.36. The van der Waals surface area contributed by atoms with E-state index < -0.39 is 94.6 Å². The number of nitrogens with one attached hydrogen (secondary N) is 9. The van der Waals surface area contributed by atoms with Crippen LogP contribution in [0.4, 0.5) is 0 Å². The van der Waals surface area contributed by atoms with Crippen LogP contribution < -0.4 is 48.3 Å². The van der Waals surface area contributed by atoms with Crippen molar-refractivity contribution in [2.24, 2.45) is 57.5 Å². The summed E-state index contributed by atoms with van der Waals surface area (Å²) in [7, 11) is 4.74. The van der Waals surface area contributed by atoms with Gasteiger partial charge in [-0.1, -0.05) is 97.7 Å². The van der Waals surface area contributed by atoms with Crippen molar-refractivity contribution >= 4 is 98.2 Å². The number of amides is 10. The maximum Gasteiger partial charge on any atom is 0.245 e. The number of carbonyl (C=O) groups is 13. The van der Waals surface area contributed by atoms with Crippen molar-refractivity contribution in [1.82, 2.24) is 66.8 Å². The third-order valence-electron chi connectivity index (χ3n) is 26.4. The van der Waals surface area contributed by atoms with Gasteiger partial charge in [-0.25, -0.2) is 0 Å². The van der Waals surface area contributed by atoms with Crippen molar-refractivity contribution in [3.63, 3.8) is 0 Å². The SMILES string of the molecule is CCCC[C@@H](C(=O)N(C)C)N(C)C(=O)[C@H](Cc1cn(CC(=O)NC2CC2)c2ccccc12)NC(=O)[C@H](CCNC(=O)CC[C@@H](C)[C@H]1CC[C@H]2C3C(=O)C[C@]4(C)CC(=O)CC[C@]4(C)C3CC(=O)[C@]12C)NC(=O)[C@H](Cc1c[nH]c2ccccc12)NC(=O)C1CCCN1C(=O)[C@H](CC(C)C)NC(=O)[C@H](CN)NC(=O)[C@@H]1CCCN1. The van der Waals surface area contributed by atoms with E-state index in [9.17, 15) is 43.2 Å². The number of Topliss-reactive ketones (excluding diaryl/α,β-unsaturated/α-hetero) is 3. The average molecular weight is 1530 g/mol. The summed E-state index contributed by atoms with van der Waals surface area (Å²) in [5.41, 5.74) is 7.13. The first-order valence-electron chi connectivity index (χ1n) is 40.9. The highest BCUT2D eigenvalue weighted by atomic mass is 16.2. The molecule has 7 fully saturated rings. The van der Waals surface area contributed by atoms with Gasteiger partial charge >= 0.3 is 0 Å². The van der Waals surface area contributed by atoms with Crippen molar-refractivity contribution in [2.45, 2.75) is 251 Å². The third kappa shape index (κ3) is 18.3. The molecule has 16 atom stereocenters. The van der Waals surface area contributed by atoms with Gasteiger partial charge in [-0.05, 0) is 154 Å². The quantitative estimate of drug-likeness (QED) is 0.0281. The van der Waals surface area contributed by atoms with Gasteiger partial charge in [-0.2, -0.15) is 0 Å². The molecule has 0 radical (unpaired) electrons. The summed E-state index contributed by atoms with van der Waals surface area (Å²) in [4.78, 5) is 196. The lowest BCUT2D eigenvalue weighted by atomic mass is 9.40. The molecular weight excluding hydrogens is 1410 g/mol. The van der Waals surface area contributed by atoms with Crippen molar-refractivity contribution < 1.29 is 62.3 Å². The second-order valence-electron chi connectivity index (χ2n) is 34.6. The number of hydrogen-bond donors (Lipinski definition) is 10. The molecule has 0 spiro atoms. The number of likely N-dealkylation sites (tertiary alicyclic amines) is 1. The number of unbranched alkanes of at least 4 members (excludes halogenated alkanes) is 1. The number of hydrogen-bond acceptors (Lipinski definition) is 15. The number of aromatic nitrogens is 2. The fourth-order valence-electron chi connectivity index (χ4n) is 19.8. The monoisotopic (exact) mass is 1530 g/mol. The summed E-state index contributed by atoms with van der Waals surface area (Å²) < 4.78 is 1.80. The van der Waals surface area contributed by atoms with Crippen LogP contribution in [0.2, 0.25) is 0 Å². The van der Waals surface area contributed by atoms with E-state index in [4.69, 9.17) is 5.73 Å². The van der Waals surface area contributed by atoms with E-state index in [1.807, 2.05) is 76.2 Å². The molecule has 0 bridgehead atoms. The molecule has 2 aromatic carbocycles. The lowest BCUT2D eigenvalue weighted by molar-refractivity contribution is -0.178. The minimum absolute atomic E-state index is 0.0245. The number of H-pyrrole nitrogens is 1. The number of para-hydroxylation sites is 2. The molecule has 111 heavy (non-hydrogen) atoms. The van der Waals surface area contributed by atoms with Crippen LogP contribution in [0, 0.1) is 51.8 Å². The smallest absolute Gasteiger partial charge is 0.245 e. The summed E-state index contributed by atoms with van der Waals surface area (Å²) in [6.45, 7) is 14.5.